The van der Waals surface area contributed by atoms with Crippen molar-refractivity contribution in [3.8, 4) is 5.75 Å². The summed E-state index contributed by atoms with van der Waals surface area (Å²) in [6, 6.07) is 14.0. The van der Waals surface area contributed by atoms with Gasteiger partial charge in [0, 0.05) is 29.6 Å². The van der Waals surface area contributed by atoms with Gasteiger partial charge in [-0.1, -0.05) is 35.9 Å². The molecule has 5 heteroatoms. The molecule has 0 spiro atoms. The molecule has 0 aliphatic carbocycles. The van der Waals surface area contributed by atoms with Crippen molar-refractivity contribution < 1.29 is 4.74 Å². The van der Waals surface area contributed by atoms with Gasteiger partial charge >= 0.3 is 0 Å². The van der Waals surface area contributed by atoms with E-state index in [1.165, 1.54) is 5.56 Å². The molecule has 0 bridgehead atoms. The van der Waals surface area contributed by atoms with Crippen molar-refractivity contribution in [2.45, 2.75) is 13.1 Å². The lowest BCUT2D eigenvalue weighted by atomic mass is 10.1. The second kappa shape index (κ2) is 7.20. The van der Waals surface area contributed by atoms with E-state index in [4.69, 9.17) is 16.3 Å². The van der Waals surface area contributed by atoms with Gasteiger partial charge in [0.2, 0.25) is 0 Å². The summed E-state index contributed by atoms with van der Waals surface area (Å²) < 4.78 is 7.22. The number of para-hydroxylation sites is 1. The maximum absolute atomic E-state index is 6.30. The van der Waals surface area contributed by atoms with Gasteiger partial charge in [-0.3, -0.25) is 0 Å². The topological polar surface area (TPSA) is 39.1 Å². The van der Waals surface area contributed by atoms with E-state index in [1.54, 1.807) is 13.3 Å². The largest absolute Gasteiger partial charge is 0.497 e. The maximum atomic E-state index is 6.30. The van der Waals surface area contributed by atoms with Crippen LogP contribution in [0.1, 0.15) is 11.1 Å². The van der Waals surface area contributed by atoms with Crippen LogP contribution in [0.3, 0.4) is 0 Å². The lowest BCUT2D eigenvalue weighted by molar-refractivity contribution is 0.414. The number of nitrogens with one attached hydrogen (secondary N) is 1. The molecule has 2 aromatic carbocycles. The SMILES string of the molecule is COc1ccc(CNc2ccccc2Cn2ccnc2)c(Cl)c1. The van der Waals surface area contributed by atoms with Gasteiger partial charge in [0.05, 0.1) is 20.0 Å². The van der Waals surface area contributed by atoms with Crippen LogP contribution in [0, 0.1) is 0 Å². The summed E-state index contributed by atoms with van der Waals surface area (Å²) in [6.45, 7) is 1.43. The highest BCUT2D eigenvalue weighted by Crippen LogP contribution is 2.24. The van der Waals surface area contributed by atoms with Gasteiger partial charge in [0.1, 0.15) is 5.75 Å². The quantitative estimate of drug-likeness (QED) is 0.737. The van der Waals surface area contributed by atoms with Crippen molar-refractivity contribution in [1.29, 1.82) is 0 Å². The number of aromatic nitrogens is 2. The minimum Gasteiger partial charge on any atom is -0.497 e. The predicted octanol–water partition coefficient (Wildman–Crippen LogP) is 4.21. The van der Waals surface area contributed by atoms with Crippen molar-refractivity contribution in [2.24, 2.45) is 0 Å². The molecule has 1 N–H and O–H groups in total. The van der Waals surface area contributed by atoms with Crippen LogP contribution >= 0.6 is 11.6 Å². The van der Waals surface area contributed by atoms with Gasteiger partial charge in [-0.2, -0.15) is 0 Å². The number of benzene rings is 2. The lowest BCUT2D eigenvalue weighted by Crippen LogP contribution is -2.05. The predicted molar refractivity (Wildman–Crippen MR) is 93.1 cm³/mol. The number of imidazole rings is 1. The lowest BCUT2D eigenvalue weighted by Gasteiger charge is -2.13. The van der Waals surface area contributed by atoms with Crippen molar-refractivity contribution in [3.05, 3.63) is 77.3 Å². The molecule has 23 heavy (non-hydrogen) atoms. The van der Waals surface area contributed by atoms with Crippen molar-refractivity contribution >= 4 is 17.3 Å². The zero-order valence-electron chi connectivity index (χ0n) is 12.9. The number of hydrogen-bond donors (Lipinski definition) is 1. The first kappa shape index (κ1) is 15.4. The van der Waals surface area contributed by atoms with Crippen molar-refractivity contribution in [2.75, 3.05) is 12.4 Å². The van der Waals surface area contributed by atoms with Gasteiger partial charge in [0.15, 0.2) is 0 Å². The number of halogens is 1. The molecule has 118 valence electrons. The number of nitrogens with zero attached hydrogens (tertiary/aromatic N) is 2. The third kappa shape index (κ3) is 3.85. The molecule has 0 aliphatic rings. The van der Waals surface area contributed by atoms with Crippen LogP contribution in [-0.2, 0) is 13.1 Å². The molecule has 3 aromatic rings. The van der Waals surface area contributed by atoms with E-state index >= 15 is 0 Å². The Kier molecular flexibility index (Phi) is 4.83. The van der Waals surface area contributed by atoms with Crippen LogP contribution in [0.25, 0.3) is 0 Å². The Hall–Kier alpha value is -2.46. The summed E-state index contributed by atoms with van der Waals surface area (Å²) in [7, 11) is 1.63. The summed E-state index contributed by atoms with van der Waals surface area (Å²) in [5.74, 6) is 0.763. The Morgan fingerprint density at radius 3 is 2.78 bits per heavy atom. The number of anilines is 1. The Balaban J connectivity index is 1.73. The molecule has 0 saturated carbocycles. The second-order valence-corrected chi connectivity index (χ2v) is 5.61. The van der Waals surface area contributed by atoms with Crippen LogP contribution in [0.5, 0.6) is 5.75 Å². The molecule has 0 radical (unpaired) electrons. The van der Waals surface area contributed by atoms with Gasteiger partial charge in [-0.15, -0.1) is 0 Å². The van der Waals surface area contributed by atoms with Crippen LogP contribution in [0.2, 0.25) is 5.02 Å². The number of hydrogen-bond acceptors (Lipinski definition) is 3. The summed E-state index contributed by atoms with van der Waals surface area (Å²) >= 11 is 6.30. The standard InChI is InChI=1S/C18H18ClN3O/c1-23-16-7-6-14(17(19)10-16)11-21-18-5-3-2-4-15(18)12-22-9-8-20-13-22/h2-10,13,21H,11-12H2,1H3. The van der Waals surface area contributed by atoms with Crippen LogP contribution in [-0.4, -0.2) is 16.7 Å². The zero-order chi connectivity index (χ0) is 16.1. The van der Waals surface area contributed by atoms with E-state index in [0.717, 1.165) is 23.5 Å². The monoisotopic (exact) mass is 327 g/mol. The Bertz CT molecular complexity index is 772. The molecule has 1 aromatic heterocycles. The van der Waals surface area contributed by atoms with Gasteiger partial charge < -0.3 is 14.6 Å². The fourth-order valence-electron chi connectivity index (χ4n) is 2.40. The van der Waals surface area contributed by atoms with E-state index in [1.807, 2.05) is 47.4 Å². The molecule has 0 saturated heterocycles. The first-order valence-corrected chi connectivity index (χ1v) is 7.74. The van der Waals surface area contributed by atoms with E-state index < -0.39 is 0 Å². The van der Waals surface area contributed by atoms with E-state index in [-0.39, 0.29) is 0 Å². The molecule has 4 nitrogen and oxygen atoms in total. The first-order valence-electron chi connectivity index (χ1n) is 7.36. The minimum atomic E-state index is 0.657. The molecule has 3 rings (SSSR count). The van der Waals surface area contributed by atoms with E-state index in [0.29, 0.717) is 11.6 Å². The molecule has 0 unspecified atom stereocenters. The Morgan fingerprint density at radius 1 is 1.17 bits per heavy atom. The maximum Gasteiger partial charge on any atom is 0.120 e. The van der Waals surface area contributed by atoms with E-state index in [9.17, 15) is 0 Å². The summed E-state index contributed by atoms with van der Waals surface area (Å²) in [5, 5.41) is 4.16. The molecular formula is C18H18ClN3O. The fourth-order valence-corrected chi connectivity index (χ4v) is 2.63. The molecule has 1 heterocycles. The number of methoxy groups -OCH3 is 1. The first-order chi connectivity index (χ1) is 11.3. The van der Waals surface area contributed by atoms with Crippen molar-refractivity contribution in [1.82, 2.24) is 9.55 Å². The van der Waals surface area contributed by atoms with Gasteiger partial charge in [-0.25, -0.2) is 4.98 Å². The fraction of sp³-hybridized carbons (Fsp3) is 0.167. The van der Waals surface area contributed by atoms with E-state index in [2.05, 4.69) is 22.4 Å². The summed E-state index contributed by atoms with van der Waals surface area (Å²) in [6.07, 6.45) is 5.56. The minimum absolute atomic E-state index is 0.657. The van der Waals surface area contributed by atoms with Gasteiger partial charge in [-0.05, 0) is 29.3 Å². The molecular weight excluding hydrogens is 310 g/mol. The average molecular weight is 328 g/mol. The third-order valence-electron chi connectivity index (χ3n) is 3.66. The summed E-state index contributed by atoms with van der Waals surface area (Å²) in [4.78, 5) is 4.08. The normalized spacial score (nSPS) is 10.5. The highest BCUT2D eigenvalue weighted by atomic mass is 35.5. The van der Waals surface area contributed by atoms with Crippen LogP contribution in [0.4, 0.5) is 5.69 Å². The number of ether oxygens (including phenoxy) is 1. The summed E-state index contributed by atoms with van der Waals surface area (Å²) in [5.41, 5.74) is 3.33. The highest BCUT2D eigenvalue weighted by molar-refractivity contribution is 6.31. The van der Waals surface area contributed by atoms with Gasteiger partial charge in [0.25, 0.3) is 0 Å². The zero-order valence-corrected chi connectivity index (χ0v) is 13.6. The smallest absolute Gasteiger partial charge is 0.120 e. The number of rotatable bonds is 6. The third-order valence-corrected chi connectivity index (χ3v) is 4.01. The molecule has 0 amide bonds. The molecule has 0 fully saturated rings. The Morgan fingerprint density at radius 2 is 2.04 bits per heavy atom. The second-order valence-electron chi connectivity index (χ2n) is 5.20. The van der Waals surface area contributed by atoms with Crippen molar-refractivity contribution in [3.63, 3.8) is 0 Å². The molecule has 0 atom stereocenters. The van der Waals surface area contributed by atoms with Crippen LogP contribution in [0.15, 0.2) is 61.2 Å². The highest BCUT2D eigenvalue weighted by Gasteiger charge is 2.05. The average Bonchev–Trinajstić information content (AvgIpc) is 3.08. The Labute approximate surface area is 140 Å². The molecule has 0 aliphatic heterocycles. The van der Waals surface area contributed by atoms with Crippen LogP contribution < -0.4 is 10.1 Å².